The smallest absolute Gasteiger partial charge is 0.354 e. The molecule has 18 heavy (non-hydrogen) atoms. The molecule has 0 unspecified atom stereocenters. The van der Waals surface area contributed by atoms with Crippen molar-refractivity contribution in [3.8, 4) is 11.1 Å². The minimum absolute atomic E-state index is 0.0668. The summed E-state index contributed by atoms with van der Waals surface area (Å²) in [6.45, 7) is 5.63. The number of carbonyl (C=O) groups is 1. The van der Waals surface area contributed by atoms with Crippen molar-refractivity contribution in [3.63, 3.8) is 0 Å². The number of pyridine rings is 2. The van der Waals surface area contributed by atoms with Crippen LogP contribution in [0, 0.1) is 20.8 Å². The zero-order chi connectivity index (χ0) is 13.3. The molecule has 0 bridgehead atoms. The van der Waals surface area contributed by atoms with Crippen LogP contribution in [0.5, 0.6) is 0 Å². The molecule has 0 atom stereocenters. The van der Waals surface area contributed by atoms with E-state index in [4.69, 9.17) is 5.11 Å². The Bertz CT molecular complexity index is 601. The fraction of sp³-hybridized carbons (Fsp3) is 0.214. The highest BCUT2D eigenvalue weighted by Crippen LogP contribution is 2.22. The lowest BCUT2D eigenvalue weighted by Gasteiger charge is -2.07. The van der Waals surface area contributed by atoms with Gasteiger partial charge in [0.15, 0.2) is 0 Å². The van der Waals surface area contributed by atoms with Gasteiger partial charge in [0.05, 0.1) is 0 Å². The van der Waals surface area contributed by atoms with E-state index in [9.17, 15) is 4.79 Å². The van der Waals surface area contributed by atoms with Gasteiger partial charge in [-0.05, 0) is 56.2 Å². The van der Waals surface area contributed by atoms with E-state index in [2.05, 4.69) is 9.97 Å². The molecule has 4 nitrogen and oxygen atoms in total. The molecule has 1 N–H and O–H groups in total. The SMILES string of the molecule is Cc1cc(-c2cc(C)nc(C(=O)O)c2)cc(C)n1. The van der Waals surface area contributed by atoms with E-state index in [0.717, 1.165) is 22.5 Å². The maximum atomic E-state index is 11.0. The Hall–Kier alpha value is -2.23. The van der Waals surface area contributed by atoms with Gasteiger partial charge < -0.3 is 5.11 Å². The van der Waals surface area contributed by atoms with Gasteiger partial charge in [-0.1, -0.05) is 0 Å². The molecule has 2 rings (SSSR count). The Kier molecular flexibility index (Phi) is 3.10. The lowest BCUT2D eigenvalue weighted by Crippen LogP contribution is -2.02. The van der Waals surface area contributed by atoms with Gasteiger partial charge in [-0.3, -0.25) is 4.98 Å². The summed E-state index contributed by atoms with van der Waals surface area (Å²) in [5, 5.41) is 9.01. The second-order valence-corrected chi connectivity index (χ2v) is 4.33. The summed E-state index contributed by atoms with van der Waals surface area (Å²) in [6.07, 6.45) is 0. The van der Waals surface area contributed by atoms with Crippen molar-refractivity contribution in [1.82, 2.24) is 9.97 Å². The van der Waals surface area contributed by atoms with Crippen LogP contribution in [0.25, 0.3) is 11.1 Å². The third-order valence-corrected chi connectivity index (χ3v) is 2.59. The van der Waals surface area contributed by atoms with E-state index in [1.165, 1.54) is 0 Å². The third kappa shape index (κ3) is 2.53. The quantitative estimate of drug-likeness (QED) is 0.879. The summed E-state index contributed by atoms with van der Waals surface area (Å²) in [7, 11) is 0. The fourth-order valence-electron chi connectivity index (χ4n) is 1.95. The van der Waals surface area contributed by atoms with Crippen LogP contribution in [-0.2, 0) is 0 Å². The molecule has 0 aliphatic heterocycles. The molecule has 2 aromatic heterocycles. The van der Waals surface area contributed by atoms with Crippen molar-refractivity contribution in [2.24, 2.45) is 0 Å². The number of aromatic nitrogens is 2. The van der Waals surface area contributed by atoms with Crippen LogP contribution >= 0.6 is 0 Å². The number of aromatic carboxylic acids is 1. The highest BCUT2D eigenvalue weighted by Gasteiger charge is 2.09. The standard InChI is InChI=1S/C14H14N2O2/c1-8-4-11(5-9(2)15-8)12-6-10(3)16-13(7-12)14(17)18/h4-7H,1-3H3,(H,17,18). The maximum Gasteiger partial charge on any atom is 0.354 e. The van der Waals surface area contributed by atoms with Crippen LogP contribution in [0.3, 0.4) is 0 Å². The van der Waals surface area contributed by atoms with Crippen LogP contribution in [0.15, 0.2) is 24.3 Å². The average Bonchev–Trinajstić information content (AvgIpc) is 2.26. The number of aryl methyl sites for hydroxylation is 3. The molecule has 2 aromatic rings. The highest BCUT2D eigenvalue weighted by molar-refractivity contribution is 5.87. The molecule has 0 spiro atoms. The first-order valence-electron chi connectivity index (χ1n) is 5.63. The minimum Gasteiger partial charge on any atom is -0.477 e. The van der Waals surface area contributed by atoms with Crippen molar-refractivity contribution in [3.05, 3.63) is 47.0 Å². The number of nitrogens with zero attached hydrogens (tertiary/aromatic N) is 2. The van der Waals surface area contributed by atoms with Gasteiger partial charge in [-0.15, -0.1) is 0 Å². The van der Waals surface area contributed by atoms with Crippen LogP contribution in [0.2, 0.25) is 0 Å². The zero-order valence-electron chi connectivity index (χ0n) is 10.6. The average molecular weight is 242 g/mol. The normalized spacial score (nSPS) is 10.4. The first-order valence-corrected chi connectivity index (χ1v) is 5.63. The number of hydrogen-bond acceptors (Lipinski definition) is 3. The van der Waals surface area contributed by atoms with E-state index >= 15 is 0 Å². The van der Waals surface area contributed by atoms with E-state index in [0.29, 0.717) is 5.69 Å². The van der Waals surface area contributed by atoms with E-state index in [1.807, 2.05) is 32.0 Å². The molecule has 0 aliphatic rings. The number of carboxylic acid groups (broad SMARTS) is 1. The first kappa shape index (κ1) is 12.2. The fourth-order valence-corrected chi connectivity index (χ4v) is 1.95. The molecule has 0 aromatic carbocycles. The maximum absolute atomic E-state index is 11.0. The van der Waals surface area contributed by atoms with Gasteiger partial charge in [-0.2, -0.15) is 0 Å². The molecule has 0 radical (unpaired) electrons. The van der Waals surface area contributed by atoms with E-state index in [1.54, 1.807) is 13.0 Å². The van der Waals surface area contributed by atoms with E-state index in [-0.39, 0.29) is 5.69 Å². The summed E-state index contributed by atoms with van der Waals surface area (Å²) in [5.41, 5.74) is 4.41. The first-order chi connectivity index (χ1) is 8.45. The molecular weight excluding hydrogens is 228 g/mol. The number of rotatable bonds is 2. The van der Waals surface area contributed by atoms with Crippen molar-refractivity contribution in [2.45, 2.75) is 20.8 Å². The number of hydrogen-bond donors (Lipinski definition) is 1. The van der Waals surface area contributed by atoms with Crippen LogP contribution in [0.1, 0.15) is 27.6 Å². The molecule has 0 amide bonds. The Morgan fingerprint density at radius 1 is 0.889 bits per heavy atom. The largest absolute Gasteiger partial charge is 0.477 e. The Morgan fingerprint density at radius 3 is 1.83 bits per heavy atom. The molecular formula is C14H14N2O2. The second-order valence-electron chi connectivity index (χ2n) is 4.33. The van der Waals surface area contributed by atoms with Gasteiger partial charge in [0.1, 0.15) is 5.69 Å². The molecule has 0 fully saturated rings. The lowest BCUT2D eigenvalue weighted by molar-refractivity contribution is 0.0690. The second kappa shape index (κ2) is 4.56. The van der Waals surface area contributed by atoms with Crippen LogP contribution in [0.4, 0.5) is 0 Å². The minimum atomic E-state index is -1.01. The summed E-state index contributed by atoms with van der Waals surface area (Å²) < 4.78 is 0. The lowest BCUT2D eigenvalue weighted by atomic mass is 10.0. The predicted molar refractivity (Wildman–Crippen MR) is 68.6 cm³/mol. The summed E-state index contributed by atoms with van der Waals surface area (Å²) in [6, 6.07) is 7.34. The molecule has 0 saturated carbocycles. The van der Waals surface area contributed by atoms with Crippen molar-refractivity contribution >= 4 is 5.97 Å². The van der Waals surface area contributed by atoms with Gasteiger partial charge >= 0.3 is 5.97 Å². The van der Waals surface area contributed by atoms with Crippen LogP contribution < -0.4 is 0 Å². The van der Waals surface area contributed by atoms with Gasteiger partial charge in [0.2, 0.25) is 0 Å². The Balaban J connectivity index is 2.59. The van der Waals surface area contributed by atoms with E-state index < -0.39 is 5.97 Å². The zero-order valence-corrected chi connectivity index (χ0v) is 10.6. The Morgan fingerprint density at radius 2 is 1.33 bits per heavy atom. The molecule has 4 heteroatoms. The molecule has 92 valence electrons. The Labute approximate surface area is 105 Å². The molecule has 2 heterocycles. The van der Waals surface area contributed by atoms with Gasteiger partial charge in [-0.25, -0.2) is 9.78 Å². The number of carboxylic acids is 1. The summed E-state index contributed by atoms with van der Waals surface area (Å²) in [4.78, 5) is 19.3. The van der Waals surface area contributed by atoms with Gasteiger partial charge in [0, 0.05) is 17.1 Å². The molecule has 0 aliphatic carbocycles. The van der Waals surface area contributed by atoms with Crippen molar-refractivity contribution < 1.29 is 9.90 Å². The predicted octanol–water partition coefficient (Wildman–Crippen LogP) is 2.77. The van der Waals surface area contributed by atoms with Crippen molar-refractivity contribution in [2.75, 3.05) is 0 Å². The topological polar surface area (TPSA) is 63.1 Å². The summed E-state index contributed by atoms with van der Waals surface area (Å²) >= 11 is 0. The molecule has 0 saturated heterocycles. The van der Waals surface area contributed by atoms with Crippen molar-refractivity contribution in [1.29, 1.82) is 0 Å². The van der Waals surface area contributed by atoms with Gasteiger partial charge in [0.25, 0.3) is 0 Å². The highest BCUT2D eigenvalue weighted by atomic mass is 16.4. The summed E-state index contributed by atoms with van der Waals surface area (Å²) in [5.74, 6) is -1.01. The monoisotopic (exact) mass is 242 g/mol. The third-order valence-electron chi connectivity index (χ3n) is 2.59. The van der Waals surface area contributed by atoms with Crippen LogP contribution in [-0.4, -0.2) is 21.0 Å².